The molecule has 0 aliphatic rings. The molecule has 0 spiro atoms. The van der Waals surface area contributed by atoms with E-state index in [1.54, 1.807) is 0 Å². The first kappa shape index (κ1) is 14.2. The fourth-order valence-corrected chi connectivity index (χ4v) is 1.31. The molecule has 0 unspecified atom stereocenters. The molecule has 0 aromatic rings. The van der Waals surface area contributed by atoms with Crippen LogP contribution in [-0.2, 0) is 0 Å². The average Bonchev–Trinajstić information content (AvgIpc) is 2.15. The minimum Gasteiger partial charge on any atom is -0.409 e. The van der Waals surface area contributed by atoms with Gasteiger partial charge in [0.15, 0.2) is 0 Å². The number of hydrogen-bond donors (Lipinski definition) is 3. The Morgan fingerprint density at radius 3 is 2.53 bits per heavy atom. The van der Waals surface area contributed by atoms with Gasteiger partial charge < -0.3 is 16.3 Å². The van der Waals surface area contributed by atoms with E-state index < -0.39 is 0 Å². The van der Waals surface area contributed by atoms with Gasteiger partial charge in [-0.3, -0.25) is 0 Å². The molecule has 0 aliphatic heterocycles. The lowest BCUT2D eigenvalue weighted by atomic mass is 9.86. The summed E-state index contributed by atoms with van der Waals surface area (Å²) >= 11 is 0. The summed E-state index contributed by atoms with van der Waals surface area (Å²) in [6, 6.07) is 0. The van der Waals surface area contributed by atoms with Crippen LogP contribution in [-0.4, -0.2) is 24.1 Å². The maximum absolute atomic E-state index is 8.59. The molecule has 0 bridgehead atoms. The highest BCUT2D eigenvalue weighted by molar-refractivity contribution is 5.85. The second-order valence-electron chi connectivity index (χ2n) is 5.07. The lowest BCUT2D eigenvalue weighted by Crippen LogP contribution is -2.33. The lowest BCUT2D eigenvalue weighted by Gasteiger charge is -2.22. The maximum atomic E-state index is 8.59. The molecule has 0 aromatic carbocycles. The second-order valence-corrected chi connectivity index (χ2v) is 5.07. The monoisotopic (exact) mass is 215 g/mol. The van der Waals surface area contributed by atoms with Crippen LogP contribution in [0.4, 0.5) is 0 Å². The van der Waals surface area contributed by atoms with Gasteiger partial charge in [-0.2, -0.15) is 0 Å². The Hall–Kier alpha value is -0.770. The first-order valence-corrected chi connectivity index (χ1v) is 5.59. The number of hydrogen-bond acceptors (Lipinski definition) is 3. The molecule has 0 saturated heterocycles. The Morgan fingerprint density at radius 2 is 2.07 bits per heavy atom. The Morgan fingerprint density at radius 1 is 1.47 bits per heavy atom. The van der Waals surface area contributed by atoms with Crippen LogP contribution in [0.15, 0.2) is 5.16 Å². The molecule has 15 heavy (non-hydrogen) atoms. The Balaban J connectivity index is 3.67. The van der Waals surface area contributed by atoms with Crippen molar-refractivity contribution < 1.29 is 5.21 Å². The third kappa shape index (κ3) is 6.33. The highest BCUT2D eigenvalue weighted by Crippen LogP contribution is 2.21. The molecule has 0 aromatic heterocycles. The molecule has 0 atom stereocenters. The van der Waals surface area contributed by atoms with Gasteiger partial charge in [-0.25, -0.2) is 0 Å². The van der Waals surface area contributed by atoms with Gasteiger partial charge in [0.2, 0.25) is 0 Å². The van der Waals surface area contributed by atoms with Gasteiger partial charge in [0.1, 0.15) is 5.84 Å². The normalized spacial score (nSPS) is 13.5. The van der Waals surface area contributed by atoms with Gasteiger partial charge in [-0.05, 0) is 31.8 Å². The lowest BCUT2D eigenvalue weighted by molar-refractivity contribution is 0.304. The van der Waals surface area contributed by atoms with Gasteiger partial charge in [0.25, 0.3) is 0 Å². The quantitative estimate of drug-likeness (QED) is 0.199. The zero-order valence-corrected chi connectivity index (χ0v) is 10.4. The van der Waals surface area contributed by atoms with E-state index in [4.69, 9.17) is 10.9 Å². The molecular formula is C11H25N3O. The summed E-state index contributed by atoms with van der Waals surface area (Å²) in [4.78, 5) is 0. The summed E-state index contributed by atoms with van der Waals surface area (Å²) in [6.45, 7) is 10.4. The zero-order chi connectivity index (χ0) is 11.9. The molecule has 0 heterocycles. The molecule has 4 N–H and O–H groups in total. The summed E-state index contributed by atoms with van der Waals surface area (Å²) in [6.07, 6.45) is 1.96. The average molecular weight is 215 g/mol. The highest BCUT2D eigenvalue weighted by atomic mass is 16.4. The van der Waals surface area contributed by atoms with Crippen LogP contribution < -0.4 is 11.1 Å². The summed E-state index contributed by atoms with van der Waals surface area (Å²) in [5.41, 5.74) is 5.38. The summed E-state index contributed by atoms with van der Waals surface area (Å²) in [5, 5.41) is 15.0. The fourth-order valence-electron chi connectivity index (χ4n) is 1.31. The van der Waals surface area contributed by atoms with Gasteiger partial charge >= 0.3 is 0 Å². The van der Waals surface area contributed by atoms with Gasteiger partial charge in [0.05, 0.1) is 0 Å². The van der Waals surface area contributed by atoms with E-state index in [0.29, 0.717) is 11.8 Å². The molecule has 0 rings (SSSR count). The van der Waals surface area contributed by atoms with Crippen molar-refractivity contribution >= 4 is 5.84 Å². The van der Waals surface area contributed by atoms with Crippen molar-refractivity contribution in [3.8, 4) is 0 Å². The number of amidine groups is 1. The van der Waals surface area contributed by atoms with Crippen LogP contribution >= 0.6 is 0 Å². The molecule has 0 aliphatic carbocycles. The summed E-state index contributed by atoms with van der Waals surface area (Å²) in [7, 11) is 0. The van der Waals surface area contributed by atoms with Crippen molar-refractivity contribution in [2.24, 2.45) is 22.2 Å². The zero-order valence-electron chi connectivity index (χ0n) is 10.4. The third-order valence-electron chi connectivity index (χ3n) is 2.51. The Labute approximate surface area is 92.9 Å². The number of oxime groups is 1. The van der Waals surface area contributed by atoms with Crippen molar-refractivity contribution in [2.45, 2.75) is 40.5 Å². The Bertz CT molecular complexity index is 200. The summed E-state index contributed by atoms with van der Waals surface area (Å²) < 4.78 is 0. The molecule has 0 fully saturated rings. The summed E-state index contributed by atoms with van der Waals surface area (Å²) in [5.74, 6) is 0.994. The number of nitrogens with zero attached hydrogens (tertiary/aromatic N) is 1. The minimum absolute atomic E-state index is 0.214. The minimum atomic E-state index is -0.214. The van der Waals surface area contributed by atoms with Crippen LogP contribution in [0.25, 0.3) is 0 Å². The van der Waals surface area contributed by atoms with Crippen LogP contribution in [0.2, 0.25) is 0 Å². The van der Waals surface area contributed by atoms with Crippen molar-refractivity contribution in [1.29, 1.82) is 0 Å². The van der Waals surface area contributed by atoms with Crippen molar-refractivity contribution in [3.63, 3.8) is 0 Å². The first-order chi connectivity index (χ1) is 6.90. The molecule has 0 radical (unpaired) electrons. The highest BCUT2D eigenvalue weighted by Gasteiger charge is 2.22. The van der Waals surface area contributed by atoms with E-state index in [1.165, 1.54) is 0 Å². The number of nitrogens with one attached hydrogen (secondary N) is 1. The second kappa shape index (κ2) is 6.67. The third-order valence-corrected chi connectivity index (χ3v) is 2.51. The van der Waals surface area contributed by atoms with Gasteiger partial charge in [-0.15, -0.1) is 0 Å². The molecule has 0 saturated carbocycles. The first-order valence-electron chi connectivity index (χ1n) is 5.59. The SMILES string of the molecule is CC(C)CNCCCC(C)(C)C(N)=NO. The molecule has 0 amide bonds. The predicted octanol–water partition coefficient (Wildman–Crippen LogP) is 1.78. The predicted molar refractivity (Wildman–Crippen MR) is 64.1 cm³/mol. The van der Waals surface area contributed by atoms with Crippen molar-refractivity contribution in [1.82, 2.24) is 5.32 Å². The van der Waals surface area contributed by atoms with Crippen LogP contribution in [0.5, 0.6) is 0 Å². The smallest absolute Gasteiger partial charge is 0.144 e. The number of nitrogens with two attached hydrogens (primary N) is 1. The van der Waals surface area contributed by atoms with E-state index in [2.05, 4.69) is 24.3 Å². The van der Waals surface area contributed by atoms with Gasteiger partial charge in [0, 0.05) is 5.41 Å². The van der Waals surface area contributed by atoms with Crippen molar-refractivity contribution in [2.75, 3.05) is 13.1 Å². The van der Waals surface area contributed by atoms with Crippen LogP contribution in [0.3, 0.4) is 0 Å². The Kier molecular flexibility index (Phi) is 6.32. The fraction of sp³-hybridized carbons (Fsp3) is 0.909. The van der Waals surface area contributed by atoms with E-state index in [9.17, 15) is 0 Å². The molecule has 4 heteroatoms. The van der Waals surface area contributed by atoms with Crippen LogP contribution in [0, 0.1) is 11.3 Å². The van der Waals surface area contributed by atoms with E-state index in [1.807, 2.05) is 13.8 Å². The number of rotatable bonds is 7. The standard InChI is InChI=1S/C11H25N3O/c1-9(2)8-13-7-5-6-11(3,4)10(12)14-15/h9,13,15H,5-8H2,1-4H3,(H2,12,14). The van der Waals surface area contributed by atoms with Gasteiger partial charge in [-0.1, -0.05) is 32.9 Å². The van der Waals surface area contributed by atoms with E-state index in [0.717, 1.165) is 25.9 Å². The van der Waals surface area contributed by atoms with Crippen molar-refractivity contribution in [3.05, 3.63) is 0 Å². The van der Waals surface area contributed by atoms with E-state index >= 15 is 0 Å². The molecule has 90 valence electrons. The van der Waals surface area contributed by atoms with E-state index in [-0.39, 0.29) is 5.41 Å². The topological polar surface area (TPSA) is 70.6 Å². The molecular weight excluding hydrogens is 190 g/mol. The maximum Gasteiger partial charge on any atom is 0.144 e. The van der Waals surface area contributed by atoms with Crippen LogP contribution in [0.1, 0.15) is 40.5 Å². The largest absolute Gasteiger partial charge is 0.409 e. The molecule has 4 nitrogen and oxygen atoms in total.